The lowest BCUT2D eigenvalue weighted by Crippen LogP contribution is -2.13. The summed E-state index contributed by atoms with van der Waals surface area (Å²) in [7, 11) is 0. The van der Waals surface area contributed by atoms with E-state index in [0.717, 1.165) is 22.6 Å². The van der Waals surface area contributed by atoms with Crippen molar-refractivity contribution in [1.82, 2.24) is 5.32 Å². The first-order valence-corrected chi connectivity index (χ1v) is 4.78. The second-order valence-corrected chi connectivity index (χ2v) is 3.63. The van der Waals surface area contributed by atoms with Gasteiger partial charge in [0.05, 0.1) is 0 Å². The minimum atomic E-state index is -0.190. The summed E-state index contributed by atoms with van der Waals surface area (Å²) in [6.45, 7) is 0.294. The number of rotatable bonds is 0. The van der Waals surface area contributed by atoms with Crippen molar-refractivity contribution in [1.29, 1.82) is 0 Å². The third kappa shape index (κ3) is 1.06. The minimum Gasteiger partial charge on any atom is -0.454 e. The van der Waals surface area contributed by atoms with E-state index in [9.17, 15) is 0 Å². The summed E-state index contributed by atoms with van der Waals surface area (Å²) >= 11 is 6.09. The molecule has 1 atom stereocenters. The lowest BCUT2D eigenvalue weighted by atomic mass is 10.0. The summed E-state index contributed by atoms with van der Waals surface area (Å²) in [4.78, 5) is 0. The Morgan fingerprint density at radius 3 is 2.93 bits per heavy atom. The van der Waals surface area contributed by atoms with Gasteiger partial charge in [-0.05, 0) is 30.0 Å². The van der Waals surface area contributed by atoms with Gasteiger partial charge in [-0.25, -0.2) is 0 Å². The molecule has 1 N–H and O–H groups in total. The highest BCUT2D eigenvalue weighted by atomic mass is 35.5. The summed E-state index contributed by atoms with van der Waals surface area (Å²) in [6.07, 6.45) is 3.80. The average molecular weight is 210 g/mol. The highest BCUT2D eigenvalue weighted by molar-refractivity contribution is 6.21. The van der Waals surface area contributed by atoms with Gasteiger partial charge in [0.1, 0.15) is 5.50 Å². The first kappa shape index (κ1) is 8.00. The Morgan fingerprint density at radius 1 is 1.29 bits per heavy atom. The molecule has 3 rings (SSSR count). The van der Waals surface area contributed by atoms with E-state index in [2.05, 4.69) is 5.32 Å². The Bertz CT molecular complexity index is 417. The highest BCUT2D eigenvalue weighted by Crippen LogP contribution is 2.39. The van der Waals surface area contributed by atoms with Gasteiger partial charge in [-0.1, -0.05) is 11.6 Å². The van der Waals surface area contributed by atoms with Gasteiger partial charge >= 0.3 is 0 Å². The zero-order chi connectivity index (χ0) is 9.54. The van der Waals surface area contributed by atoms with Crippen LogP contribution in [0.15, 0.2) is 18.3 Å². The van der Waals surface area contributed by atoms with Gasteiger partial charge in [-0.15, -0.1) is 0 Å². The molecular weight excluding hydrogens is 202 g/mol. The van der Waals surface area contributed by atoms with E-state index in [1.54, 1.807) is 0 Å². The molecule has 0 saturated heterocycles. The van der Waals surface area contributed by atoms with E-state index in [4.69, 9.17) is 21.1 Å². The van der Waals surface area contributed by atoms with Crippen LogP contribution in [0.5, 0.6) is 11.5 Å². The van der Waals surface area contributed by atoms with Gasteiger partial charge in [-0.3, -0.25) is 0 Å². The third-order valence-electron chi connectivity index (χ3n) is 2.36. The number of hydrogen-bond donors (Lipinski definition) is 1. The van der Waals surface area contributed by atoms with Crippen LogP contribution in [0.4, 0.5) is 0 Å². The van der Waals surface area contributed by atoms with Crippen LogP contribution in [0.1, 0.15) is 16.6 Å². The van der Waals surface area contributed by atoms with Crippen LogP contribution in [0, 0.1) is 0 Å². The maximum absolute atomic E-state index is 6.09. The molecule has 4 heteroatoms. The predicted octanol–water partition coefficient (Wildman–Crippen LogP) is 2.23. The molecule has 1 aromatic carbocycles. The summed E-state index contributed by atoms with van der Waals surface area (Å²) in [5, 5.41) is 3.02. The van der Waals surface area contributed by atoms with Crippen LogP contribution in [0.25, 0.3) is 6.08 Å². The quantitative estimate of drug-likeness (QED) is 0.525. The van der Waals surface area contributed by atoms with E-state index in [-0.39, 0.29) is 5.50 Å². The lowest BCUT2D eigenvalue weighted by Gasteiger charge is -2.18. The zero-order valence-electron chi connectivity index (χ0n) is 7.29. The maximum Gasteiger partial charge on any atom is 0.231 e. The van der Waals surface area contributed by atoms with Gasteiger partial charge in [0.25, 0.3) is 0 Å². The van der Waals surface area contributed by atoms with E-state index in [0.29, 0.717) is 6.79 Å². The van der Waals surface area contributed by atoms with Crippen molar-refractivity contribution in [2.75, 3.05) is 6.79 Å². The van der Waals surface area contributed by atoms with Gasteiger partial charge in [0.15, 0.2) is 11.5 Å². The van der Waals surface area contributed by atoms with Crippen molar-refractivity contribution in [2.24, 2.45) is 0 Å². The van der Waals surface area contributed by atoms with Crippen LogP contribution < -0.4 is 14.8 Å². The molecule has 1 unspecified atom stereocenters. The Labute approximate surface area is 86.3 Å². The van der Waals surface area contributed by atoms with Crippen LogP contribution in [0.3, 0.4) is 0 Å². The van der Waals surface area contributed by atoms with Crippen molar-refractivity contribution < 1.29 is 9.47 Å². The molecule has 2 heterocycles. The molecule has 0 aliphatic carbocycles. The van der Waals surface area contributed by atoms with E-state index < -0.39 is 0 Å². The number of benzene rings is 1. The molecule has 0 radical (unpaired) electrons. The largest absolute Gasteiger partial charge is 0.454 e. The van der Waals surface area contributed by atoms with Crippen LogP contribution in [0.2, 0.25) is 0 Å². The number of ether oxygens (including phenoxy) is 2. The molecule has 0 aromatic heterocycles. The summed E-state index contributed by atoms with van der Waals surface area (Å²) < 4.78 is 10.6. The first-order chi connectivity index (χ1) is 6.84. The molecule has 0 amide bonds. The number of fused-ring (bicyclic) bond motifs is 2. The van der Waals surface area contributed by atoms with E-state index >= 15 is 0 Å². The Morgan fingerprint density at radius 2 is 2.07 bits per heavy atom. The molecule has 72 valence electrons. The first-order valence-electron chi connectivity index (χ1n) is 4.35. The van der Waals surface area contributed by atoms with Gasteiger partial charge in [0.2, 0.25) is 6.79 Å². The monoisotopic (exact) mass is 209 g/mol. The number of nitrogens with one attached hydrogen (secondary N) is 1. The second kappa shape index (κ2) is 2.82. The standard InChI is InChI=1S/C10H8ClNO2/c11-10-7-4-9-8(13-5-14-9)3-6(7)1-2-12-10/h1-4,10,12H,5H2. The van der Waals surface area contributed by atoms with Gasteiger partial charge in [0, 0.05) is 5.56 Å². The third-order valence-corrected chi connectivity index (χ3v) is 2.72. The smallest absolute Gasteiger partial charge is 0.231 e. The number of alkyl halides is 1. The number of hydrogen-bond acceptors (Lipinski definition) is 3. The SMILES string of the molecule is ClC1NC=Cc2cc3c(cc21)OCO3. The molecule has 0 bridgehead atoms. The van der Waals surface area contributed by atoms with E-state index in [1.165, 1.54) is 0 Å². The zero-order valence-corrected chi connectivity index (χ0v) is 8.04. The summed E-state index contributed by atoms with van der Waals surface area (Å²) in [5.41, 5.74) is 1.91. The molecule has 2 aliphatic rings. The molecule has 3 nitrogen and oxygen atoms in total. The van der Waals surface area contributed by atoms with Crippen LogP contribution >= 0.6 is 11.6 Å². The normalized spacial score (nSPS) is 21.6. The van der Waals surface area contributed by atoms with Crippen molar-refractivity contribution in [3.8, 4) is 11.5 Å². The average Bonchev–Trinajstić information content (AvgIpc) is 2.62. The predicted molar refractivity (Wildman–Crippen MR) is 53.3 cm³/mol. The molecule has 2 aliphatic heterocycles. The van der Waals surface area contributed by atoms with Crippen LogP contribution in [-0.2, 0) is 0 Å². The second-order valence-electron chi connectivity index (χ2n) is 3.20. The molecular formula is C10H8ClNO2. The van der Waals surface area contributed by atoms with Crippen molar-refractivity contribution in [2.45, 2.75) is 5.50 Å². The minimum absolute atomic E-state index is 0.190. The molecule has 14 heavy (non-hydrogen) atoms. The van der Waals surface area contributed by atoms with Crippen LogP contribution in [-0.4, -0.2) is 6.79 Å². The van der Waals surface area contributed by atoms with E-state index in [1.807, 2.05) is 24.4 Å². The Hall–Kier alpha value is -1.35. The Kier molecular flexibility index (Phi) is 1.61. The van der Waals surface area contributed by atoms with Crippen molar-refractivity contribution >= 4 is 17.7 Å². The summed E-state index contributed by atoms with van der Waals surface area (Å²) in [5.74, 6) is 1.56. The lowest BCUT2D eigenvalue weighted by molar-refractivity contribution is 0.174. The number of halogens is 1. The van der Waals surface area contributed by atoms with Gasteiger partial charge in [-0.2, -0.15) is 0 Å². The Balaban J connectivity index is 2.18. The molecule has 1 aromatic rings. The van der Waals surface area contributed by atoms with Crippen molar-refractivity contribution in [3.05, 3.63) is 29.5 Å². The fourth-order valence-corrected chi connectivity index (χ4v) is 1.91. The maximum atomic E-state index is 6.09. The molecule has 0 spiro atoms. The van der Waals surface area contributed by atoms with Crippen molar-refractivity contribution in [3.63, 3.8) is 0 Å². The van der Waals surface area contributed by atoms with Gasteiger partial charge < -0.3 is 14.8 Å². The fourth-order valence-electron chi connectivity index (χ4n) is 1.65. The summed E-state index contributed by atoms with van der Waals surface area (Å²) in [6, 6.07) is 3.87. The fraction of sp³-hybridized carbons (Fsp3) is 0.200. The molecule has 0 saturated carbocycles. The topological polar surface area (TPSA) is 30.5 Å². The highest BCUT2D eigenvalue weighted by Gasteiger charge is 2.21. The molecule has 0 fully saturated rings.